The van der Waals surface area contributed by atoms with E-state index in [0.717, 1.165) is 12.1 Å². The number of sulfonamides is 1. The van der Waals surface area contributed by atoms with Crippen molar-refractivity contribution in [3.63, 3.8) is 0 Å². The number of ether oxygens (including phenoxy) is 1. The van der Waals surface area contributed by atoms with Gasteiger partial charge in [0.15, 0.2) is 5.75 Å². The molecule has 0 aromatic heterocycles. The van der Waals surface area contributed by atoms with E-state index in [0.29, 0.717) is 10.8 Å². The predicted molar refractivity (Wildman–Crippen MR) is 109 cm³/mol. The molecule has 10 heteroatoms. The molecule has 0 amide bonds. The van der Waals surface area contributed by atoms with Crippen LogP contribution in [-0.4, -0.2) is 14.4 Å². The normalized spacial score (nSPS) is 15.8. The third-order valence-corrected chi connectivity index (χ3v) is 5.96. The molecule has 6 nitrogen and oxygen atoms in total. The molecule has 2 N–H and O–H groups in total. The first-order valence-electron chi connectivity index (χ1n) is 8.68. The number of nitrogens with zero attached hydrogens (tertiary/aromatic N) is 1. The van der Waals surface area contributed by atoms with Crippen LogP contribution in [0.3, 0.4) is 0 Å². The molecule has 1 aliphatic heterocycles. The summed E-state index contributed by atoms with van der Waals surface area (Å²) in [5.41, 5.74) is -0.152. The van der Waals surface area contributed by atoms with Gasteiger partial charge in [0.2, 0.25) is 5.96 Å². The Balaban J connectivity index is 1.70. The Morgan fingerprint density at radius 1 is 0.933 bits per heavy atom. The molecule has 3 aromatic rings. The van der Waals surface area contributed by atoms with Crippen molar-refractivity contribution < 1.29 is 21.9 Å². The zero-order valence-corrected chi connectivity index (χ0v) is 16.8. The van der Waals surface area contributed by atoms with Gasteiger partial charge in [0.1, 0.15) is 28.0 Å². The monoisotopic (exact) mass is 449 g/mol. The third kappa shape index (κ3) is 3.94. The highest BCUT2D eigenvalue weighted by Gasteiger charge is 2.29. The summed E-state index contributed by atoms with van der Waals surface area (Å²) >= 11 is 6.12. The molecule has 30 heavy (non-hydrogen) atoms. The number of fused-ring (bicyclic) bond motifs is 1. The van der Waals surface area contributed by atoms with Gasteiger partial charge in [0.05, 0.1) is 11.6 Å². The minimum Gasteiger partial charge on any atom is -0.454 e. The summed E-state index contributed by atoms with van der Waals surface area (Å²) in [6.45, 7) is -0.410. The molecule has 0 fully saturated rings. The summed E-state index contributed by atoms with van der Waals surface area (Å²) in [5.74, 6) is -1.23. The fourth-order valence-corrected chi connectivity index (χ4v) is 4.16. The largest absolute Gasteiger partial charge is 0.454 e. The number of halogens is 3. The second kappa shape index (κ2) is 7.92. The van der Waals surface area contributed by atoms with Crippen LogP contribution in [-0.2, 0) is 16.6 Å². The van der Waals surface area contributed by atoms with E-state index in [1.54, 1.807) is 30.3 Å². The topological polar surface area (TPSA) is 79.8 Å². The first-order valence-corrected chi connectivity index (χ1v) is 10.5. The van der Waals surface area contributed by atoms with Gasteiger partial charge in [-0.15, -0.1) is 0 Å². The zero-order chi connectivity index (χ0) is 21.3. The van der Waals surface area contributed by atoms with Crippen LogP contribution in [0.15, 0.2) is 70.6 Å². The van der Waals surface area contributed by atoms with E-state index >= 15 is 0 Å². The van der Waals surface area contributed by atoms with Gasteiger partial charge < -0.3 is 10.1 Å². The number of hydrogen-bond acceptors (Lipinski definition) is 4. The van der Waals surface area contributed by atoms with E-state index in [-0.39, 0.29) is 27.9 Å². The van der Waals surface area contributed by atoms with Crippen LogP contribution in [0.5, 0.6) is 11.5 Å². The van der Waals surface area contributed by atoms with Crippen molar-refractivity contribution in [3.05, 3.63) is 82.9 Å². The maximum absolute atomic E-state index is 13.8. The van der Waals surface area contributed by atoms with Gasteiger partial charge in [0, 0.05) is 5.56 Å². The fourth-order valence-electron chi connectivity index (χ4n) is 2.83. The second-order valence-electron chi connectivity index (χ2n) is 6.26. The molecule has 0 unspecified atom stereocenters. The van der Waals surface area contributed by atoms with Crippen molar-refractivity contribution in [2.45, 2.75) is 11.4 Å². The van der Waals surface area contributed by atoms with E-state index in [1.165, 1.54) is 18.2 Å². The number of rotatable bonds is 4. The Labute approximate surface area is 176 Å². The van der Waals surface area contributed by atoms with Crippen LogP contribution >= 0.6 is 11.6 Å². The average Bonchev–Trinajstić information content (AvgIpc) is 2.69. The first-order chi connectivity index (χ1) is 14.3. The zero-order valence-electron chi connectivity index (χ0n) is 15.2. The molecule has 3 aromatic carbocycles. The summed E-state index contributed by atoms with van der Waals surface area (Å²) in [6, 6.07) is 14.6. The van der Waals surface area contributed by atoms with E-state index < -0.39 is 28.2 Å². The van der Waals surface area contributed by atoms with E-state index in [2.05, 4.69) is 15.0 Å². The number of nitrogens with one attached hydrogen (secondary N) is 2. The molecule has 1 heterocycles. The van der Waals surface area contributed by atoms with Gasteiger partial charge in [-0.2, -0.15) is 0 Å². The summed E-state index contributed by atoms with van der Waals surface area (Å²) in [4.78, 5) is 3.92. The van der Waals surface area contributed by atoms with Crippen LogP contribution in [0.4, 0.5) is 14.5 Å². The summed E-state index contributed by atoms with van der Waals surface area (Å²) < 4.78 is 61.0. The van der Waals surface area contributed by atoms with Crippen molar-refractivity contribution in [3.8, 4) is 11.5 Å². The van der Waals surface area contributed by atoms with Gasteiger partial charge in [-0.05, 0) is 36.4 Å². The van der Waals surface area contributed by atoms with Crippen LogP contribution in [0.25, 0.3) is 0 Å². The Morgan fingerprint density at radius 3 is 2.33 bits per heavy atom. The molecular formula is C20H14ClF2N3O3S. The van der Waals surface area contributed by atoms with Gasteiger partial charge in [0.25, 0.3) is 10.0 Å². The molecule has 4 rings (SSSR count). The number of anilines is 1. The molecule has 0 aliphatic carbocycles. The van der Waals surface area contributed by atoms with Gasteiger partial charge in [-0.3, -0.25) is 0 Å². The highest BCUT2D eigenvalue weighted by molar-refractivity contribution is 7.90. The summed E-state index contributed by atoms with van der Waals surface area (Å²) in [7, 11) is -3.98. The number of aliphatic imine (C=N–C) groups is 1. The quantitative estimate of drug-likeness (QED) is 0.606. The van der Waals surface area contributed by atoms with Crippen molar-refractivity contribution in [1.29, 1.82) is 0 Å². The first kappa shape index (κ1) is 20.1. The lowest BCUT2D eigenvalue weighted by Crippen LogP contribution is -2.40. The van der Waals surface area contributed by atoms with Crippen LogP contribution < -0.4 is 14.8 Å². The van der Waals surface area contributed by atoms with Crippen LogP contribution in [0.1, 0.15) is 5.56 Å². The predicted octanol–water partition coefficient (Wildman–Crippen LogP) is 4.67. The van der Waals surface area contributed by atoms with Crippen molar-refractivity contribution in [2.75, 3.05) is 5.32 Å². The minimum absolute atomic E-state index is 0.0666. The van der Waals surface area contributed by atoms with E-state index in [9.17, 15) is 17.2 Å². The standard InChI is InChI=1S/C20H14ClF2N3O3S/c21-13-5-1-2-8-16(13)29-17-9-4-10-18-19(17)25-20(26-30(18,27)28)24-11-12-14(22)6-3-7-15(12)23/h1-10H,11H2,(H2,24,25,26). The maximum Gasteiger partial charge on any atom is 0.266 e. The fraction of sp³-hybridized carbons (Fsp3) is 0.0500. The number of para-hydroxylation sites is 2. The SMILES string of the molecule is O=S1(=O)NC(=NCc2c(F)cccc2F)Nc2c(Oc3ccccc3Cl)cccc21. The van der Waals surface area contributed by atoms with E-state index in [1.807, 2.05) is 0 Å². The number of benzene rings is 3. The molecule has 0 saturated carbocycles. The molecule has 0 spiro atoms. The average molecular weight is 450 g/mol. The molecule has 1 aliphatic rings. The molecule has 154 valence electrons. The lowest BCUT2D eigenvalue weighted by molar-refractivity contribution is 0.483. The Morgan fingerprint density at radius 2 is 1.60 bits per heavy atom. The van der Waals surface area contributed by atoms with Crippen LogP contribution in [0, 0.1) is 11.6 Å². The minimum atomic E-state index is -3.98. The third-order valence-electron chi connectivity index (χ3n) is 4.27. The molecule has 0 atom stereocenters. The van der Waals surface area contributed by atoms with Crippen LogP contribution in [0.2, 0.25) is 5.02 Å². The highest BCUT2D eigenvalue weighted by Crippen LogP contribution is 2.38. The van der Waals surface area contributed by atoms with Crippen molar-refractivity contribution >= 4 is 33.3 Å². The lowest BCUT2D eigenvalue weighted by Gasteiger charge is -2.23. The second-order valence-corrected chi connectivity index (χ2v) is 8.32. The molecular weight excluding hydrogens is 436 g/mol. The van der Waals surface area contributed by atoms with Crippen molar-refractivity contribution in [2.24, 2.45) is 4.99 Å². The van der Waals surface area contributed by atoms with Gasteiger partial charge in [-0.25, -0.2) is 26.9 Å². The van der Waals surface area contributed by atoms with Gasteiger partial charge >= 0.3 is 0 Å². The maximum atomic E-state index is 13.8. The smallest absolute Gasteiger partial charge is 0.266 e. The molecule has 0 radical (unpaired) electrons. The number of hydrogen-bond donors (Lipinski definition) is 2. The molecule has 0 saturated heterocycles. The summed E-state index contributed by atoms with van der Waals surface area (Å²) in [6.07, 6.45) is 0. The van der Waals surface area contributed by atoms with E-state index in [4.69, 9.17) is 16.3 Å². The number of guanidine groups is 1. The molecule has 0 bridgehead atoms. The van der Waals surface area contributed by atoms with Crippen molar-refractivity contribution in [1.82, 2.24) is 4.72 Å². The Bertz CT molecular complexity index is 1250. The lowest BCUT2D eigenvalue weighted by atomic mass is 10.2. The van der Waals surface area contributed by atoms with Gasteiger partial charge in [-0.1, -0.05) is 35.9 Å². The highest BCUT2D eigenvalue weighted by atomic mass is 35.5. The Hall–Kier alpha value is -3.17. The Kier molecular flexibility index (Phi) is 5.31. The summed E-state index contributed by atoms with van der Waals surface area (Å²) in [5, 5.41) is 3.16.